The summed E-state index contributed by atoms with van der Waals surface area (Å²) in [6.07, 6.45) is 4.98. The number of hydrogen-bond donors (Lipinski definition) is 1. The second-order valence-corrected chi connectivity index (χ2v) is 7.83. The van der Waals surface area contributed by atoms with Crippen molar-refractivity contribution in [1.82, 2.24) is 20.1 Å². The van der Waals surface area contributed by atoms with Gasteiger partial charge in [0.2, 0.25) is 0 Å². The minimum atomic E-state index is 0.624. The predicted molar refractivity (Wildman–Crippen MR) is 89.3 cm³/mol. The molecule has 2 atom stereocenters. The highest BCUT2D eigenvalue weighted by atomic mass is 32.1. The second-order valence-electron chi connectivity index (χ2n) is 6.66. The summed E-state index contributed by atoms with van der Waals surface area (Å²) >= 11 is 1.98. The van der Waals surface area contributed by atoms with Crippen LogP contribution in [0.1, 0.15) is 34.3 Å². The van der Waals surface area contributed by atoms with Crippen molar-refractivity contribution in [2.75, 3.05) is 47.3 Å². The summed E-state index contributed by atoms with van der Waals surface area (Å²) in [5.74, 6) is 0.635. The van der Waals surface area contributed by atoms with Crippen LogP contribution in [0.3, 0.4) is 0 Å². The molecule has 2 aliphatic rings. The maximum Gasteiger partial charge on any atom is 0.0947 e. The first-order valence-electron chi connectivity index (χ1n) is 8.19. The molecule has 0 saturated carbocycles. The van der Waals surface area contributed by atoms with Crippen LogP contribution in [-0.2, 0) is 12.8 Å². The predicted octanol–water partition coefficient (Wildman–Crippen LogP) is 1.57. The molecule has 2 heterocycles. The smallest absolute Gasteiger partial charge is 0.0947 e. The number of aryl methyl sites for hydroxylation is 1. The molecule has 0 aromatic carbocycles. The standard InChI is InChI=1S/C16H28N4S/c1-17-10-12-5-4-6-14-16(12)18-15(21-14)9-13-11-19(2)7-8-20(13)3/h12-13,17H,4-11H2,1-3H3. The van der Waals surface area contributed by atoms with E-state index in [-0.39, 0.29) is 0 Å². The number of thiazole rings is 1. The highest BCUT2D eigenvalue weighted by Crippen LogP contribution is 2.35. The van der Waals surface area contributed by atoms with Gasteiger partial charge in [0.05, 0.1) is 10.7 Å². The molecule has 0 spiro atoms. The molecular weight excluding hydrogens is 280 g/mol. The average molecular weight is 308 g/mol. The summed E-state index contributed by atoms with van der Waals surface area (Å²) in [6, 6.07) is 0.624. The van der Waals surface area contributed by atoms with Crippen LogP contribution in [0.2, 0.25) is 0 Å². The summed E-state index contributed by atoms with van der Waals surface area (Å²) in [4.78, 5) is 11.5. The Morgan fingerprint density at radius 1 is 1.33 bits per heavy atom. The molecule has 0 amide bonds. The van der Waals surface area contributed by atoms with Crippen molar-refractivity contribution >= 4 is 11.3 Å². The molecule has 2 unspecified atom stereocenters. The largest absolute Gasteiger partial charge is 0.319 e. The molecule has 118 valence electrons. The minimum absolute atomic E-state index is 0.624. The number of nitrogens with one attached hydrogen (secondary N) is 1. The van der Waals surface area contributed by atoms with Crippen LogP contribution in [0.15, 0.2) is 0 Å². The fourth-order valence-corrected chi connectivity index (χ4v) is 4.88. The Morgan fingerprint density at radius 3 is 3.00 bits per heavy atom. The maximum atomic E-state index is 5.04. The Balaban J connectivity index is 1.72. The van der Waals surface area contributed by atoms with Crippen LogP contribution in [0.4, 0.5) is 0 Å². The van der Waals surface area contributed by atoms with Crippen molar-refractivity contribution in [2.45, 2.75) is 37.6 Å². The van der Waals surface area contributed by atoms with Crippen molar-refractivity contribution < 1.29 is 0 Å². The number of fused-ring (bicyclic) bond motifs is 1. The summed E-state index contributed by atoms with van der Waals surface area (Å²) in [7, 11) is 6.54. The minimum Gasteiger partial charge on any atom is -0.319 e. The Morgan fingerprint density at radius 2 is 2.19 bits per heavy atom. The van der Waals surface area contributed by atoms with Crippen LogP contribution in [0, 0.1) is 0 Å². The van der Waals surface area contributed by atoms with Crippen molar-refractivity contribution in [1.29, 1.82) is 0 Å². The van der Waals surface area contributed by atoms with Crippen molar-refractivity contribution in [2.24, 2.45) is 0 Å². The lowest BCUT2D eigenvalue weighted by Crippen LogP contribution is -2.50. The van der Waals surface area contributed by atoms with Gasteiger partial charge in [0.25, 0.3) is 0 Å². The van der Waals surface area contributed by atoms with E-state index in [1.807, 2.05) is 18.4 Å². The van der Waals surface area contributed by atoms with Gasteiger partial charge in [-0.1, -0.05) is 0 Å². The first-order valence-corrected chi connectivity index (χ1v) is 9.01. The van der Waals surface area contributed by atoms with E-state index in [1.54, 1.807) is 4.88 Å². The van der Waals surface area contributed by atoms with Gasteiger partial charge in [-0.3, -0.25) is 0 Å². The van der Waals surface area contributed by atoms with Gasteiger partial charge in [0.1, 0.15) is 0 Å². The van der Waals surface area contributed by atoms with Crippen molar-refractivity contribution in [3.63, 3.8) is 0 Å². The van der Waals surface area contributed by atoms with E-state index in [9.17, 15) is 0 Å². The second kappa shape index (κ2) is 6.73. The Kier molecular flexibility index (Phi) is 4.94. The molecule has 1 fully saturated rings. The third-order valence-electron chi connectivity index (χ3n) is 4.96. The number of rotatable bonds is 4. The summed E-state index contributed by atoms with van der Waals surface area (Å²) in [5, 5.41) is 4.69. The van der Waals surface area contributed by atoms with E-state index < -0.39 is 0 Å². The lowest BCUT2D eigenvalue weighted by Gasteiger charge is -2.37. The van der Waals surface area contributed by atoms with E-state index in [1.165, 1.54) is 49.6 Å². The third kappa shape index (κ3) is 3.47. The quantitative estimate of drug-likeness (QED) is 0.915. The van der Waals surface area contributed by atoms with Gasteiger partial charge in [0, 0.05) is 49.4 Å². The molecule has 5 heteroatoms. The third-order valence-corrected chi connectivity index (χ3v) is 6.11. The summed E-state index contributed by atoms with van der Waals surface area (Å²) < 4.78 is 0. The molecule has 1 aliphatic heterocycles. The van der Waals surface area contributed by atoms with Gasteiger partial charge in [0.15, 0.2) is 0 Å². The summed E-state index contributed by atoms with van der Waals surface area (Å²) in [6.45, 7) is 4.60. The summed E-state index contributed by atoms with van der Waals surface area (Å²) in [5.41, 5.74) is 1.41. The van der Waals surface area contributed by atoms with Gasteiger partial charge in [-0.05, 0) is 40.4 Å². The fraction of sp³-hybridized carbons (Fsp3) is 0.812. The first kappa shape index (κ1) is 15.4. The average Bonchev–Trinajstić information content (AvgIpc) is 2.87. The molecule has 1 aromatic heterocycles. The van der Waals surface area contributed by atoms with E-state index in [0.717, 1.165) is 13.0 Å². The maximum absolute atomic E-state index is 5.04. The molecule has 0 bridgehead atoms. The van der Waals surface area contributed by atoms with Gasteiger partial charge in [-0.15, -0.1) is 11.3 Å². The van der Waals surface area contributed by atoms with E-state index >= 15 is 0 Å². The number of hydrogen-bond acceptors (Lipinski definition) is 5. The van der Waals surface area contributed by atoms with Gasteiger partial charge in [-0.25, -0.2) is 4.98 Å². The normalized spacial score (nSPS) is 27.8. The number of likely N-dealkylation sites (N-methyl/N-ethyl adjacent to an activating group) is 3. The van der Waals surface area contributed by atoms with Crippen LogP contribution < -0.4 is 5.32 Å². The van der Waals surface area contributed by atoms with E-state index in [2.05, 4.69) is 29.2 Å². The first-order chi connectivity index (χ1) is 10.2. The molecule has 21 heavy (non-hydrogen) atoms. The van der Waals surface area contributed by atoms with Crippen LogP contribution >= 0.6 is 11.3 Å². The zero-order valence-electron chi connectivity index (χ0n) is 13.6. The lowest BCUT2D eigenvalue weighted by atomic mass is 9.91. The Labute approximate surface area is 132 Å². The van der Waals surface area contributed by atoms with Crippen molar-refractivity contribution in [3.8, 4) is 0 Å². The molecular formula is C16H28N4S. The van der Waals surface area contributed by atoms with Crippen LogP contribution in [0.25, 0.3) is 0 Å². The Hall–Kier alpha value is -0.490. The van der Waals surface area contributed by atoms with Gasteiger partial charge >= 0.3 is 0 Å². The lowest BCUT2D eigenvalue weighted by molar-refractivity contribution is 0.114. The number of nitrogens with zero attached hydrogens (tertiary/aromatic N) is 3. The van der Waals surface area contributed by atoms with Gasteiger partial charge in [-0.2, -0.15) is 0 Å². The molecule has 1 N–H and O–H groups in total. The molecule has 1 aliphatic carbocycles. The fourth-order valence-electron chi connectivity index (χ4n) is 3.61. The molecule has 3 rings (SSSR count). The number of piperazine rings is 1. The molecule has 1 saturated heterocycles. The molecule has 1 aromatic rings. The highest BCUT2D eigenvalue weighted by molar-refractivity contribution is 7.11. The molecule has 4 nitrogen and oxygen atoms in total. The highest BCUT2D eigenvalue weighted by Gasteiger charge is 2.27. The van der Waals surface area contributed by atoms with Crippen LogP contribution in [0.5, 0.6) is 0 Å². The topological polar surface area (TPSA) is 31.4 Å². The monoisotopic (exact) mass is 308 g/mol. The van der Waals surface area contributed by atoms with Crippen molar-refractivity contribution in [3.05, 3.63) is 15.6 Å². The zero-order valence-corrected chi connectivity index (χ0v) is 14.4. The SMILES string of the molecule is CNCC1CCCc2sc(CC3CN(C)CCN3C)nc21. The molecule has 0 radical (unpaired) electrons. The number of aromatic nitrogens is 1. The van der Waals surface area contributed by atoms with E-state index in [4.69, 9.17) is 4.98 Å². The van der Waals surface area contributed by atoms with Crippen LogP contribution in [-0.4, -0.2) is 68.1 Å². The van der Waals surface area contributed by atoms with E-state index in [0.29, 0.717) is 12.0 Å². The van der Waals surface area contributed by atoms with Gasteiger partial charge < -0.3 is 15.1 Å². The zero-order chi connectivity index (χ0) is 14.8. The Bertz CT molecular complexity index is 473.